The third-order valence-corrected chi connectivity index (χ3v) is 4.26. The third-order valence-electron chi connectivity index (χ3n) is 4.26. The van der Waals surface area contributed by atoms with Crippen LogP contribution in [0.3, 0.4) is 0 Å². The highest BCUT2D eigenvalue weighted by Gasteiger charge is 2.19. The Hall–Kier alpha value is -2.36. The molecule has 126 valence electrons. The van der Waals surface area contributed by atoms with Gasteiger partial charge >= 0.3 is 0 Å². The van der Waals surface area contributed by atoms with Gasteiger partial charge in [0.25, 0.3) is 0 Å². The highest BCUT2D eigenvalue weighted by molar-refractivity contribution is 5.59. The molecule has 0 amide bonds. The van der Waals surface area contributed by atoms with E-state index in [4.69, 9.17) is 9.15 Å². The Kier molecular flexibility index (Phi) is 5.14. The lowest BCUT2D eigenvalue weighted by Crippen LogP contribution is -2.45. The van der Waals surface area contributed by atoms with Gasteiger partial charge in [-0.1, -0.05) is 17.7 Å². The van der Waals surface area contributed by atoms with Crippen LogP contribution in [0.4, 0.5) is 5.88 Å². The van der Waals surface area contributed by atoms with E-state index in [9.17, 15) is 5.26 Å². The summed E-state index contributed by atoms with van der Waals surface area (Å²) in [5.41, 5.74) is 2.33. The molecule has 0 unspecified atom stereocenters. The number of ether oxygens (including phenoxy) is 1. The zero-order valence-electron chi connectivity index (χ0n) is 14.1. The van der Waals surface area contributed by atoms with E-state index in [0.717, 1.165) is 31.9 Å². The van der Waals surface area contributed by atoms with Gasteiger partial charge < -0.3 is 14.5 Å². The predicted molar refractivity (Wildman–Crippen MR) is 91.7 cm³/mol. The van der Waals surface area contributed by atoms with Gasteiger partial charge in [0.15, 0.2) is 0 Å². The van der Waals surface area contributed by atoms with Crippen molar-refractivity contribution in [3.63, 3.8) is 0 Å². The summed E-state index contributed by atoms with van der Waals surface area (Å²) in [7, 11) is 0. The van der Waals surface area contributed by atoms with Gasteiger partial charge in [-0.3, -0.25) is 4.90 Å². The molecule has 1 aliphatic rings. The molecule has 1 N–H and O–H groups in total. The van der Waals surface area contributed by atoms with Crippen molar-refractivity contribution in [2.24, 2.45) is 0 Å². The third kappa shape index (κ3) is 3.75. The number of anilines is 1. The second-order valence-electron chi connectivity index (χ2n) is 6.05. The minimum absolute atomic E-state index is 0.291. The molecule has 1 aromatic carbocycles. The lowest BCUT2D eigenvalue weighted by molar-refractivity contribution is 0.0226. The van der Waals surface area contributed by atoms with E-state index in [1.165, 1.54) is 5.56 Å². The highest BCUT2D eigenvalue weighted by atomic mass is 16.5. The molecule has 0 saturated carbocycles. The Balaban J connectivity index is 1.69. The maximum absolute atomic E-state index is 9.30. The van der Waals surface area contributed by atoms with Crippen molar-refractivity contribution in [1.82, 2.24) is 9.88 Å². The zero-order valence-corrected chi connectivity index (χ0v) is 14.1. The van der Waals surface area contributed by atoms with Crippen LogP contribution in [0.1, 0.15) is 18.2 Å². The summed E-state index contributed by atoms with van der Waals surface area (Å²) in [6.07, 6.45) is 0. The van der Waals surface area contributed by atoms with Crippen LogP contribution in [0, 0.1) is 18.3 Å². The van der Waals surface area contributed by atoms with Crippen LogP contribution in [0.5, 0.6) is 0 Å². The molecule has 0 bridgehead atoms. The molecular formula is C18H22N4O2. The van der Waals surface area contributed by atoms with Gasteiger partial charge in [0, 0.05) is 31.2 Å². The summed E-state index contributed by atoms with van der Waals surface area (Å²) >= 11 is 0. The second kappa shape index (κ2) is 7.47. The van der Waals surface area contributed by atoms with Gasteiger partial charge in [-0.15, -0.1) is 0 Å². The summed E-state index contributed by atoms with van der Waals surface area (Å²) in [6.45, 7) is 8.28. The van der Waals surface area contributed by atoms with Crippen LogP contribution in [0.15, 0.2) is 28.7 Å². The van der Waals surface area contributed by atoms with E-state index in [0.29, 0.717) is 30.1 Å². The second-order valence-corrected chi connectivity index (χ2v) is 6.05. The molecule has 1 atom stereocenters. The minimum Gasteiger partial charge on any atom is -0.419 e. The predicted octanol–water partition coefficient (Wildman–Crippen LogP) is 2.65. The summed E-state index contributed by atoms with van der Waals surface area (Å²) < 4.78 is 11.2. The van der Waals surface area contributed by atoms with E-state index in [-0.39, 0.29) is 0 Å². The standard InChI is InChI=1S/C18H22N4O2/c1-13-3-5-15(6-4-13)17-21-16(11-19)18(24-17)20-12-14(2)22-7-9-23-10-8-22/h3-6,14,20H,7-10,12H2,1-2H3/t14-/m0/s1. The van der Waals surface area contributed by atoms with Gasteiger partial charge in [0.05, 0.1) is 13.2 Å². The number of morpholine rings is 1. The molecule has 1 saturated heterocycles. The molecule has 6 heteroatoms. The van der Waals surface area contributed by atoms with Crippen molar-refractivity contribution in [1.29, 1.82) is 5.26 Å². The van der Waals surface area contributed by atoms with E-state index >= 15 is 0 Å². The molecule has 3 rings (SSSR count). The smallest absolute Gasteiger partial charge is 0.232 e. The summed E-state index contributed by atoms with van der Waals surface area (Å²) in [5, 5.41) is 12.5. The topological polar surface area (TPSA) is 74.3 Å². The average Bonchev–Trinajstić information content (AvgIpc) is 3.04. The van der Waals surface area contributed by atoms with Crippen LogP contribution in [0.2, 0.25) is 0 Å². The van der Waals surface area contributed by atoms with Crippen LogP contribution in [-0.4, -0.2) is 48.8 Å². The van der Waals surface area contributed by atoms with Gasteiger partial charge in [0.2, 0.25) is 17.5 Å². The van der Waals surface area contributed by atoms with Gasteiger partial charge in [-0.25, -0.2) is 0 Å². The first-order valence-corrected chi connectivity index (χ1v) is 8.21. The van der Waals surface area contributed by atoms with Crippen LogP contribution >= 0.6 is 0 Å². The first kappa shape index (κ1) is 16.5. The fourth-order valence-corrected chi connectivity index (χ4v) is 2.72. The summed E-state index contributed by atoms with van der Waals surface area (Å²) in [4.78, 5) is 6.66. The fourth-order valence-electron chi connectivity index (χ4n) is 2.72. The SMILES string of the molecule is Cc1ccc(-c2nc(C#N)c(NC[C@H](C)N3CCOCC3)o2)cc1. The lowest BCUT2D eigenvalue weighted by Gasteiger charge is -2.32. The molecular weight excluding hydrogens is 304 g/mol. The van der Waals surface area contributed by atoms with Crippen LogP contribution < -0.4 is 5.32 Å². The first-order chi connectivity index (χ1) is 11.7. The number of rotatable bonds is 5. The molecule has 2 aromatic rings. The molecule has 6 nitrogen and oxygen atoms in total. The van der Waals surface area contributed by atoms with Crippen LogP contribution in [0.25, 0.3) is 11.5 Å². The largest absolute Gasteiger partial charge is 0.419 e. The Bertz CT molecular complexity index is 712. The quantitative estimate of drug-likeness (QED) is 0.910. The van der Waals surface area contributed by atoms with Crippen molar-refractivity contribution in [3.8, 4) is 17.5 Å². The van der Waals surface area contributed by atoms with Crippen LogP contribution in [-0.2, 0) is 4.74 Å². The number of nitrogens with zero attached hydrogens (tertiary/aromatic N) is 3. The highest BCUT2D eigenvalue weighted by Crippen LogP contribution is 2.25. The monoisotopic (exact) mass is 326 g/mol. The number of aromatic nitrogens is 1. The number of oxazole rings is 1. The number of hydrogen-bond donors (Lipinski definition) is 1. The first-order valence-electron chi connectivity index (χ1n) is 8.21. The number of nitriles is 1. The van der Waals surface area contributed by atoms with E-state index in [2.05, 4.69) is 28.2 Å². The van der Waals surface area contributed by atoms with Crippen molar-refractivity contribution >= 4 is 5.88 Å². The zero-order chi connectivity index (χ0) is 16.9. The van der Waals surface area contributed by atoms with Crippen molar-refractivity contribution in [2.45, 2.75) is 19.9 Å². The maximum atomic E-state index is 9.30. The summed E-state index contributed by atoms with van der Waals surface area (Å²) in [5.74, 6) is 0.904. The van der Waals surface area contributed by atoms with Gasteiger partial charge in [-0.2, -0.15) is 10.2 Å². The molecule has 0 spiro atoms. The van der Waals surface area contributed by atoms with Crippen molar-refractivity contribution in [3.05, 3.63) is 35.5 Å². The number of nitrogens with one attached hydrogen (secondary N) is 1. The molecule has 1 aromatic heterocycles. The molecule has 2 heterocycles. The molecule has 0 aliphatic carbocycles. The van der Waals surface area contributed by atoms with E-state index in [1.807, 2.05) is 31.2 Å². The Morgan fingerprint density at radius 2 is 2.00 bits per heavy atom. The Morgan fingerprint density at radius 3 is 2.67 bits per heavy atom. The normalized spacial score (nSPS) is 16.5. The number of hydrogen-bond acceptors (Lipinski definition) is 6. The average molecular weight is 326 g/mol. The minimum atomic E-state index is 0.291. The Labute approximate surface area is 142 Å². The summed E-state index contributed by atoms with van der Waals surface area (Å²) in [6, 6.07) is 10.3. The molecule has 0 radical (unpaired) electrons. The van der Waals surface area contributed by atoms with Crippen molar-refractivity contribution < 1.29 is 9.15 Å². The van der Waals surface area contributed by atoms with Crippen molar-refractivity contribution in [2.75, 3.05) is 38.2 Å². The lowest BCUT2D eigenvalue weighted by atomic mass is 10.1. The maximum Gasteiger partial charge on any atom is 0.232 e. The number of aryl methyl sites for hydroxylation is 1. The molecule has 1 fully saturated rings. The van der Waals surface area contributed by atoms with E-state index in [1.54, 1.807) is 0 Å². The van der Waals surface area contributed by atoms with Gasteiger partial charge in [0.1, 0.15) is 6.07 Å². The fraction of sp³-hybridized carbons (Fsp3) is 0.444. The number of benzene rings is 1. The Morgan fingerprint density at radius 1 is 1.29 bits per heavy atom. The molecule has 1 aliphatic heterocycles. The van der Waals surface area contributed by atoms with E-state index < -0.39 is 0 Å². The molecule has 24 heavy (non-hydrogen) atoms. The van der Waals surface area contributed by atoms with Gasteiger partial charge in [-0.05, 0) is 26.0 Å².